The van der Waals surface area contributed by atoms with Gasteiger partial charge < -0.3 is 9.84 Å². The van der Waals surface area contributed by atoms with Gasteiger partial charge >= 0.3 is 0 Å². The van der Waals surface area contributed by atoms with Crippen LogP contribution in [0.15, 0.2) is 6.33 Å². The first-order chi connectivity index (χ1) is 11.3. The fraction of sp³-hybridized carbons (Fsp3) is 0.667. The van der Waals surface area contributed by atoms with Gasteiger partial charge in [0.1, 0.15) is 17.3 Å². The van der Waals surface area contributed by atoms with Gasteiger partial charge in [-0.05, 0) is 62.8 Å². The van der Waals surface area contributed by atoms with Gasteiger partial charge in [0.15, 0.2) is 0 Å². The molecule has 2 aromatic rings. The lowest BCUT2D eigenvalue weighted by Gasteiger charge is -2.24. The lowest BCUT2D eigenvalue weighted by Crippen LogP contribution is -2.20. The van der Waals surface area contributed by atoms with E-state index in [1.54, 1.807) is 17.7 Å². The fourth-order valence-electron chi connectivity index (χ4n) is 4.01. The summed E-state index contributed by atoms with van der Waals surface area (Å²) in [6, 6.07) is 0. The van der Waals surface area contributed by atoms with Crippen LogP contribution >= 0.6 is 11.3 Å². The van der Waals surface area contributed by atoms with Crippen LogP contribution in [0.3, 0.4) is 0 Å². The maximum Gasteiger partial charge on any atom is 0.225 e. The molecule has 0 aliphatic heterocycles. The molecule has 2 aliphatic rings. The van der Waals surface area contributed by atoms with Crippen LogP contribution in [0, 0.1) is 5.92 Å². The molecule has 1 atom stereocenters. The molecular weight excluding hydrogens is 308 g/mol. The van der Waals surface area contributed by atoms with E-state index in [0.717, 1.165) is 48.2 Å². The fourth-order valence-corrected chi connectivity index (χ4v) is 5.18. The monoisotopic (exact) mass is 332 g/mol. The Morgan fingerprint density at radius 3 is 2.87 bits per heavy atom. The van der Waals surface area contributed by atoms with Gasteiger partial charge in [0, 0.05) is 11.5 Å². The quantitative estimate of drug-likeness (QED) is 0.923. The molecule has 1 saturated carbocycles. The Labute approximate surface area is 140 Å². The van der Waals surface area contributed by atoms with Crippen molar-refractivity contribution in [3.8, 4) is 5.88 Å². The predicted octanol–water partition coefficient (Wildman–Crippen LogP) is 3.89. The van der Waals surface area contributed by atoms with Gasteiger partial charge in [-0.25, -0.2) is 9.97 Å². The third-order valence-corrected chi connectivity index (χ3v) is 6.48. The second-order valence-electron chi connectivity index (χ2n) is 6.86. The summed E-state index contributed by atoms with van der Waals surface area (Å²) in [6.07, 6.45) is 12.3. The van der Waals surface area contributed by atoms with E-state index in [4.69, 9.17) is 4.74 Å². The Morgan fingerprint density at radius 2 is 2.04 bits per heavy atom. The second kappa shape index (κ2) is 6.73. The zero-order chi connectivity index (χ0) is 15.6. The standard InChI is InChI=1S/C18H24N2O2S/c21-9-8-12-6-7-15-14(10-12)16-17(19-11-20-18(16)23-15)22-13-4-2-1-3-5-13/h11-13,21H,1-10H2/t12-/m1/s1. The molecule has 1 fully saturated rings. The van der Waals surface area contributed by atoms with Crippen molar-refractivity contribution in [1.82, 2.24) is 9.97 Å². The van der Waals surface area contributed by atoms with Crippen molar-refractivity contribution in [2.24, 2.45) is 5.92 Å². The van der Waals surface area contributed by atoms with Gasteiger partial charge in [-0.2, -0.15) is 0 Å². The van der Waals surface area contributed by atoms with Gasteiger partial charge in [0.05, 0.1) is 5.39 Å². The number of thiophene rings is 1. The Balaban J connectivity index is 1.67. The highest BCUT2D eigenvalue weighted by atomic mass is 32.1. The summed E-state index contributed by atoms with van der Waals surface area (Å²) >= 11 is 1.80. The molecule has 0 unspecified atom stereocenters. The van der Waals surface area contributed by atoms with E-state index in [-0.39, 0.29) is 6.61 Å². The van der Waals surface area contributed by atoms with Crippen LogP contribution in [0.4, 0.5) is 0 Å². The Morgan fingerprint density at radius 1 is 1.17 bits per heavy atom. The number of rotatable bonds is 4. The van der Waals surface area contributed by atoms with E-state index < -0.39 is 0 Å². The summed E-state index contributed by atoms with van der Waals surface area (Å²) in [4.78, 5) is 11.5. The zero-order valence-corrected chi connectivity index (χ0v) is 14.3. The molecule has 0 radical (unpaired) electrons. The molecule has 124 valence electrons. The number of fused-ring (bicyclic) bond motifs is 3. The van der Waals surface area contributed by atoms with Crippen molar-refractivity contribution < 1.29 is 9.84 Å². The summed E-state index contributed by atoms with van der Waals surface area (Å²) in [5.74, 6) is 1.37. The number of aliphatic hydroxyl groups excluding tert-OH is 1. The van der Waals surface area contributed by atoms with E-state index in [2.05, 4.69) is 9.97 Å². The molecule has 2 aliphatic carbocycles. The SMILES string of the molecule is OCC[C@H]1CCc2sc3ncnc(OC4CCCCC4)c3c2C1. The van der Waals surface area contributed by atoms with Crippen LogP contribution in [0.1, 0.15) is 55.4 Å². The van der Waals surface area contributed by atoms with Gasteiger partial charge in [0.2, 0.25) is 5.88 Å². The Hall–Kier alpha value is -1.20. The molecule has 1 N–H and O–H groups in total. The van der Waals surface area contributed by atoms with Crippen molar-refractivity contribution in [2.45, 2.75) is 63.9 Å². The highest BCUT2D eigenvalue weighted by Crippen LogP contribution is 2.41. The second-order valence-corrected chi connectivity index (χ2v) is 7.95. The number of nitrogens with zero attached hydrogens (tertiary/aromatic N) is 2. The van der Waals surface area contributed by atoms with Gasteiger partial charge in [-0.1, -0.05) is 6.42 Å². The predicted molar refractivity (Wildman–Crippen MR) is 92.1 cm³/mol. The molecule has 4 nitrogen and oxygen atoms in total. The van der Waals surface area contributed by atoms with Crippen LogP contribution in [0.25, 0.3) is 10.2 Å². The first kappa shape index (κ1) is 15.3. The first-order valence-electron chi connectivity index (χ1n) is 8.88. The van der Waals surface area contributed by atoms with Crippen molar-refractivity contribution in [3.05, 3.63) is 16.8 Å². The lowest BCUT2D eigenvalue weighted by atomic mass is 9.85. The summed E-state index contributed by atoms with van der Waals surface area (Å²) < 4.78 is 6.29. The molecule has 4 rings (SSSR count). The average Bonchev–Trinajstić information content (AvgIpc) is 2.95. The normalized spacial score (nSPS) is 22.2. The molecule has 0 aromatic carbocycles. The third-order valence-electron chi connectivity index (χ3n) is 5.28. The van der Waals surface area contributed by atoms with E-state index in [0.29, 0.717) is 12.0 Å². The zero-order valence-electron chi connectivity index (χ0n) is 13.5. The molecule has 5 heteroatoms. The summed E-state index contributed by atoms with van der Waals surface area (Å²) in [5, 5.41) is 10.4. The van der Waals surface area contributed by atoms with Crippen LogP contribution < -0.4 is 4.74 Å². The highest BCUT2D eigenvalue weighted by molar-refractivity contribution is 7.18. The Bertz CT molecular complexity index is 679. The molecule has 23 heavy (non-hydrogen) atoms. The maximum absolute atomic E-state index is 9.25. The minimum Gasteiger partial charge on any atom is -0.474 e. The summed E-state index contributed by atoms with van der Waals surface area (Å²) in [7, 11) is 0. The van der Waals surface area contributed by atoms with Gasteiger partial charge in [-0.15, -0.1) is 11.3 Å². The van der Waals surface area contributed by atoms with E-state index >= 15 is 0 Å². The molecule has 2 aromatic heterocycles. The van der Waals surface area contributed by atoms with E-state index in [1.807, 2.05) is 0 Å². The van der Waals surface area contributed by atoms with E-state index in [1.165, 1.54) is 36.1 Å². The minimum absolute atomic E-state index is 0.282. The van der Waals surface area contributed by atoms with Crippen molar-refractivity contribution >= 4 is 21.6 Å². The van der Waals surface area contributed by atoms with Crippen LogP contribution in [0.5, 0.6) is 5.88 Å². The third kappa shape index (κ3) is 3.09. The highest BCUT2D eigenvalue weighted by Gasteiger charge is 2.26. The first-order valence-corrected chi connectivity index (χ1v) is 9.69. The molecule has 0 bridgehead atoms. The largest absolute Gasteiger partial charge is 0.474 e. The van der Waals surface area contributed by atoms with E-state index in [9.17, 15) is 5.11 Å². The lowest BCUT2D eigenvalue weighted by molar-refractivity contribution is 0.150. The summed E-state index contributed by atoms with van der Waals surface area (Å²) in [5.41, 5.74) is 1.39. The number of aryl methyl sites for hydroxylation is 1. The molecule has 0 spiro atoms. The average molecular weight is 332 g/mol. The number of hydrogen-bond acceptors (Lipinski definition) is 5. The Kier molecular flexibility index (Phi) is 4.49. The van der Waals surface area contributed by atoms with Crippen LogP contribution in [-0.2, 0) is 12.8 Å². The molecule has 0 saturated heterocycles. The summed E-state index contributed by atoms with van der Waals surface area (Å²) in [6.45, 7) is 0.282. The maximum atomic E-state index is 9.25. The number of ether oxygens (including phenoxy) is 1. The number of aromatic nitrogens is 2. The number of hydrogen-bond donors (Lipinski definition) is 1. The molecule has 2 heterocycles. The topological polar surface area (TPSA) is 55.2 Å². The number of aliphatic hydroxyl groups is 1. The van der Waals surface area contributed by atoms with Crippen LogP contribution in [-0.4, -0.2) is 27.8 Å². The molecular formula is C18H24N2O2S. The van der Waals surface area contributed by atoms with Crippen LogP contribution in [0.2, 0.25) is 0 Å². The van der Waals surface area contributed by atoms with Crippen molar-refractivity contribution in [2.75, 3.05) is 6.61 Å². The smallest absolute Gasteiger partial charge is 0.225 e. The van der Waals surface area contributed by atoms with Crippen molar-refractivity contribution in [3.63, 3.8) is 0 Å². The van der Waals surface area contributed by atoms with Gasteiger partial charge in [0.25, 0.3) is 0 Å². The van der Waals surface area contributed by atoms with Gasteiger partial charge in [-0.3, -0.25) is 0 Å². The molecule has 0 amide bonds. The van der Waals surface area contributed by atoms with Crippen molar-refractivity contribution in [1.29, 1.82) is 0 Å². The minimum atomic E-state index is 0.282.